The van der Waals surface area contributed by atoms with E-state index in [2.05, 4.69) is 4.98 Å². The highest BCUT2D eigenvalue weighted by molar-refractivity contribution is 7.98. The molecule has 0 spiro atoms. The quantitative estimate of drug-likeness (QED) is 0.429. The predicted octanol–water partition coefficient (Wildman–Crippen LogP) is 4.57. The number of hydrogen-bond acceptors (Lipinski definition) is 6. The van der Waals surface area contributed by atoms with Crippen molar-refractivity contribution in [1.29, 1.82) is 0 Å². The largest absolute Gasteiger partial charge is 0.452 e. The van der Waals surface area contributed by atoms with Crippen LogP contribution >= 0.6 is 23.1 Å². The van der Waals surface area contributed by atoms with E-state index in [0.717, 1.165) is 28.3 Å². The molecule has 7 heteroatoms. The third kappa shape index (κ3) is 4.36. The molecule has 0 N–H and O–H groups in total. The van der Waals surface area contributed by atoms with E-state index in [9.17, 15) is 9.59 Å². The number of ether oxygens (including phenoxy) is 1. The Bertz CT molecular complexity index is 1020. The summed E-state index contributed by atoms with van der Waals surface area (Å²) in [6, 6.07) is 15.2. The number of fused-ring (bicyclic) bond motifs is 1. The molecule has 0 saturated heterocycles. The lowest BCUT2D eigenvalue weighted by Crippen LogP contribution is -2.38. The number of rotatable bonds is 6. The average molecular weight is 425 g/mol. The average Bonchev–Trinajstić information content (AvgIpc) is 3.37. The number of benzene rings is 2. The zero-order valence-corrected chi connectivity index (χ0v) is 17.5. The third-order valence-corrected chi connectivity index (χ3v) is 6.51. The summed E-state index contributed by atoms with van der Waals surface area (Å²) < 4.78 is 5.39. The van der Waals surface area contributed by atoms with Gasteiger partial charge >= 0.3 is 5.97 Å². The van der Waals surface area contributed by atoms with Gasteiger partial charge < -0.3 is 9.64 Å². The van der Waals surface area contributed by atoms with E-state index < -0.39 is 5.97 Å². The van der Waals surface area contributed by atoms with Crippen molar-refractivity contribution in [1.82, 2.24) is 4.98 Å². The molecule has 0 aliphatic carbocycles. The topological polar surface area (TPSA) is 59.5 Å². The van der Waals surface area contributed by atoms with Crippen LogP contribution in [0.4, 0.5) is 5.69 Å². The van der Waals surface area contributed by atoms with Crippen molar-refractivity contribution in [2.75, 3.05) is 11.5 Å². The molecule has 1 aromatic heterocycles. The highest BCUT2D eigenvalue weighted by Gasteiger charge is 2.31. The fraction of sp³-hybridized carbons (Fsp3) is 0.227. The maximum atomic E-state index is 12.8. The Labute approximate surface area is 177 Å². The molecule has 0 bridgehead atoms. The Morgan fingerprint density at radius 3 is 2.83 bits per heavy atom. The smallest absolute Gasteiger partial charge is 0.339 e. The number of thioether (sulfide) groups is 1. The van der Waals surface area contributed by atoms with Crippen molar-refractivity contribution in [3.8, 4) is 0 Å². The number of hydrogen-bond donors (Lipinski definition) is 0. The summed E-state index contributed by atoms with van der Waals surface area (Å²) in [4.78, 5) is 32.2. The molecule has 148 valence electrons. The van der Waals surface area contributed by atoms with Gasteiger partial charge in [-0.05, 0) is 37.1 Å². The van der Waals surface area contributed by atoms with Crippen molar-refractivity contribution < 1.29 is 14.3 Å². The van der Waals surface area contributed by atoms with Crippen LogP contribution in [0, 0.1) is 0 Å². The molecule has 0 saturated carbocycles. The second-order valence-electron chi connectivity index (χ2n) is 6.79. The molecular formula is C22H20N2O3S2. The van der Waals surface area contributed by atoms with Crippen molar-refractivity contribution in [3.63, 3.8) is 0 Å². The molecule has 0 fully saturated rings. The van der Waals surface area contributed by atoms with Gasteiger partial charge in [-0.25, -0.2) is 9.78 Å². The Balaban J connectivity index is 1.41. The maximum absolute atomic E-state index is 12.8. The van der Waals surface area contributed by atoms with E-state index in [4.69, 9.17) is 4.74 Å². The number of aromatic nitrogens is 1. The third-order valence-electron chi connectivity index (χ3n) is 4.77. The molecule has 5 nitrogen and oxygen atoms in total. The fourth-order valence-corrected chi connectivity index (χ4v) is 5.05. The van der Waals surface area contributed by atoms with Gasteiger partial charge in [-0.15, -0.1) is 23.1 Å². The molecule has 0 radical (unpaired) electrons. The van der Waals surface area contributed by atoms with Gasteiger partial charge in [0.05, 0.1) is 16.8 Å². The standard InChI is InChI=1S/C22H20N2O3S2/c1-15-10-16-6-2-4-8-19(16)24(15)21(25)11-27-22(26)18-7-3-5-9-20(18)29-13-17-12-28-14-23-17/h2-9,12,14-15H,10-11,13H2,1H3. The Hall–Kier alpha value is -2.64. The van der Waals surface area contributed by atoms with Crippen LogP contribution in [0.1, 0.15) is 28.5 Å². The van der Waals surface area contributed by atoms with Gasteiger partial charge in [0.15, 0.2) is 6.61 Å². The van der Waals surface area contributed by atoms with Gasteiger partial charge in [0.1, 0.15) is 0 Å². The molecule has 3 aromatic rings. The van der Waals surface area contributed by atoms with E-state index in [-0.39, 0.29) is 18.6 Å². The zero-order valence-electron chi connectivity index (χ0n) is 15.9. The molecule has 4 rings (SSSR count). The van der Waals surface area contributed by atoms with Crippen LogP contribution in [0.5, 0.6) is 0 Å². The number of thiazole rings is 1. The first-order chi connectivity index (χ1) is 14.1. The summed E-state index contributed by atoms with van der Waals surface area (Å²) in [5.41, 5.74) is 5.28. The first-order valence-electron chi connectivity index (χ1n) is 9.29. The molecule has 1 atom stereocenters. The van der Waals surface area contributed by atoms with Crippen molar-refractivity contribution >= 4 is 40.7 Å². The Kier molecular flexibility index (Phi) is 5.97. The Morgan fingerprint density at radius 1 is 1.21 bits per heavy atom. The van der Waals surface area contributed by atoms with Gasteiger partial charge in [-0.1, -0.05) is 30.3 Å². The van der Waals surface area contributed by atoms with Crippen LogP contribution in [0.15, 0.2) is 64.3 Å². The highest BCUT2D eigenvalue weighted by atomic mass is 32.2. The van der Waals surface area contributed by atoms with E-state index in [1.807, 2.05) is 48.7 Å². The number of amides is 1. The minimum Gasteiger partial charge on any atom is -0.452 e. The van der Waals surface area contributed by atoms with Crippen LogP contribution in [0.3, 0.4) is 0 Å². The molecule has 2 aromatic carbocycles. The number of anilines is 1. The van der Waals surface area contributed by atoms with Crippen LogP contribution in [0.2, 0.25) is 0 Å². The summed E-state index contributed by atoms with van der Waals surface area (Å²) in [5.74, 6) is -0.0160. The number of carbonyl (C=O) groups is 2. The summed E-state index contributed by atoms with van der Waals surface area (Å²) in [6.45, 7) is 1.73. The SMILES string of the molecule is CC1Cc2ccccc2N1C(=O)COC(=O)c1ccccc1SCc1cscn1. The van der Waals surface area contributed by atoms with E-state index in [1.165, 1.54) is 11.8 Å². The normalized spacial score (nSPS) is 15.2. The molecule has 1 aliphatic rings. The molecule has 1 unspecified atom stereocenters. The van der Waals surface area contributed by atoms with Crippen LogP contribution in [-0.4, -0.2) is 29.5 Å². The number of nitrogens with zero attached hydrogens (tertiary/aromatic N) is 2. The lowest BCUT2D eigenvalue weighted by Gasteiger charge is -2.22. The monoisotopic (exact) mass is 424 g/mol. The fourth-order valence-electron chi connectivity index (χ4n) is 3.44. The van der Waals surface area contributed by atoms with Gasteiger partial charge in [0.25, 0.3) is 5.91 Å². The second-order valence-corrected chi connectivity index (χ2v) is 8.52. The molecule has 1 aliphatic heterocycles. The predicted molar refractivity (Wildman–Crippen MR) is 115 cm³/mol. The highest BCUT2D eigenvalue weighted by Crippen LogP contribution is 2.32. The Morgan fingerprint density at radius 2 is 2.00 bits per heavy atom. The second kappa shape index (κ2) is 8.80. The lowest BCUT2D eigenvalue weighted by atomic mass is 10.1. The number of esters is 1. The van der Waals surface area contributed by atoms with Gasteiger partial charge in [0.2, 0.25) is 0 Å². The van der Waals surface area contributed by atoms with Crippen LogP contribution < -0.4 is 4.90 Å². The van der Waals surface area contributed by atoms with E-state index >= 15 is 0 Å². The van der Waals surface area contributed by atoms with Crippen molar-refractivity contribution in [2.24, 2.45) is 0 Å². The van der Waals surface area contributed by atoms with Crippen LogP contribution in [-0.2, 0) is 21.7 Å². The summed E-state index contributed by atoms with van der Waals surface area (Å²) in [5, 5.41) is 1.99. The summed E-state index contributed by atoms with van der Waals surface area (Å²) in [6.07, 6.45) is 0.811. The minimum atomic E-state index is -0.486. The van der Waals surface area contributed by atoms with Gasteiger partial charge in [0, 0.05) is 27.8 Å². The molecule has 2 heterocycles. The molecular weight excluding hydrogens is 404 g/mol. The van der Waals surface area contributed by atoms with E-state index in [1.54, 1.807) is 33.9 Å². The molecule has 1 amide bonds. The van der Waals surface area contributed by atoms with Crippen molar-refractivity contribution in [2.45, 2.75) is 30.0 Å². The zero-order chi connectivity index (χ0) is 20.2. The van der Waals surface area contributed by atoms with Crippen LogP contribution in [0.25, 0.3) is 0 Å². The molecule has 29 heavy (non-hydrogen) atoms. The maximum Gasteiger partial charge on any atom is 0.339 e. The lowest BCUT2D eigenvalue weighted by molar-refractivity contribution is -0.122. The minimum absolute atomic E-state index is 0.0551. The van der Waals surface area contributed by atoms with E-state index in [0.29, 0.717) is 11.3 Å². The summed E-state index contributed by atoms with van der Waals surface area (Å²) >= 11 is 3.08. The first kappa shape index (κ1) is 19.7. The van der Waals surface area contributed by atoms with Crippen molar-refractivity contribution in [3.05, 3.63) is 76.2 Å². The summed E-state index contributed by atoms with van der Waals surface area (Å²) in [7, 11) is 0. The number of para-hydroxylation sites is 1. The van der Waals surface area contributed by atoms with Gasteiger partial charge in [-0.3, -0.25) is 4.79 Å². The van der Waals surface area contributed by atoms with Gasteiger partial charge in [-0.2, -0.15) is 0 Å². The number of carbonyl (C=O) groups excluding carboxylic acids is 2. The first-order valence-corrected chi connectivity index (χ1v) is 11.2.